The number of hydrogen-bond donors (Lipinski definition) is 0. The smallest absolute Gasteiger partial charge is 0.192 e. The minimum atomic E-state index is -0.564. The fourth-order valence-corrected chi connectivity index (χ4v) is 2.61. The molecule has 2 heteroatoms. The fraction of sp³-hybridized carbons (Fsp3) is 0.600. The summed E-state index contributed by atoms with van der Waals surface area (Å²) in [4.78, 5) is 0. The Balaban J connectivity index is 2.49. The molecule has 0 atom stereocenters. The van der Waals surface area contributed by atoms with Gasteiger partial charge in [0.05, 0.1) is 13.2 Å². The second-order valence-corrected chi connectivity index (χ2v) is 5.87. The summed E-state index contributed by atoms with van der Waals surface area (Å²) < 4.78 is 11.5. The Morgan fingerprint density at radius 3 is 2.24 bits per heavy atom. The highest BCUT2D eigenvalue weighted by molar-refractivity contribution is 5.40. The van der Waals surface area contributed by atoms with Gasteiger partial charge in [0.2, 0.25) is 0 Å². The third-order valence-electron chi connectivity index (χ3n) is 3.47. The van der Waals surface area contributed by atoms with Crippen molar-refractivity contribution in [2.24, 2.45) is 0 Å². The van der Waals surface area contributed by atoms with Gasteiger partial charge in [-0.05, 0) is 30.4 Å². The quantitative estimate of drug-likeness (QED) is 0.740. The predicted molar refractivity (Wildman–Crippen MR) is 69.1 cm³/mol. The predicted octanol–water partition coefficient (Wildman–Crippen LogP) is 3.51. The van der Waals surface area contributed by atoms with Gasteiger partial charge >= 0.3 is 0 Å². The first kappa shape index (κ1) is 12.6. The van der Waals surface area contributed by atoms with E-state index in [1.165, 1.54) is 11.1 Å². The number of rotatable bonds is 1. The van der Waals surface area contributed by atoms with Crippen LogP contribution in [0.3, 0.4) is 0 Å². The van der Waals surface area contributed by atoms with E-state index in [9.17, 15) is 0 Å². The van der Waals surface area contributed by atoms with Crippen molar-refractivity contribution in [2.45, 2.75) is 45.8 Å². The molecule has 1 aromatic rings. The fourth-order valence-electron chi connectivity index (χ4n) is 2.61. The van der Waals surface area contributed by atoms with Gasteiger partial charge < -0.3 is 9.47 Å². The average Bonchev–Trinajstić information content (AvgIpc) is 2.64. The number of hydrogen-bond acceptors (Lipinski definition) is 2. The van der Waals surface area contributed by atoms with Crippen molar-refractivity contribution in [3.8, 4) is 0 Å². The summed E-state index contributed by atoms with van der Waals surface area (Å²) in [5.74, 6) is -0.564. The van der Waals surface area contributed by atoms with E-state index in [0.717, 1.165) is 5.56 Å². The second-order valence-electron chi connectivity index (χ2n) is 5.87. The molecule has 0 N–H and O–H groups in total. The van der Waals surface area contributed by atoms with Crippen molar-refractivity contribution in [2.75, 3.05) is 13.2 Å². The SMILES string of the molecule is Cc1c(C(C)(C)C)cccc1C1(C)OCCO1. The monoisotopic (exact) mass is 234 g/mol. The summed E-state index contributed by atoms with van der Waals surface area (Å²) in [5, 5.41) is 0. The largest absolute Gasteiger partial charge is 0.344 e. The summed E-state index contributed by atoms with van der Waals surface area (Å²) in [6.07, 6.45) is 0. The molecule has 2 rings (SSSR count). The van der Waals surface area contributed by atoms with E-state index in [0.29, 0.717) is 13.2 Å². The van der Waals surface area contributed by atoms with E-state index in [4.69, 9.17) is 9.47 Å². The average molecular weight is 234 g/mol. The lowest BCUT2D eigenvalue weighted by atomic mass is 9.81. The Bertz CT molecular complexity index is 409. The Morgan fingerprint density at radius 1 is 1.12 bits per heavy atom. The van der Waals surface area contributed by atoms with Gasteiger partial charge in [0.15, 0.2) is 5.79 Å². The van der Waals surface area contributed by atoms with Gasteiger partial charge in [-0.15, -0.1) is 0 Å². The van der Waals surface area contributed by atoms with Crippen LogP contribution in [0.1, 0.15) is 44.4 Å². The molecule has 17 heavy (non-hydrogen) atoms. The molecule has 1 fully saturated rings. The van der Waals surface area contributed by atoms with E-state index >= 15 is 0 Å². The van der Waals surface area contributed by atoms with E-state index in [2.05, 4.69) is 45.9 Å². The molecule has 1 heterocycles. The van der Waals surface area contributed by atoms with Crippen LogP contribution in [0.25, 0.3) is 0 Å². The minimum Gasteiger partial charge on any atom is -0.344 e. The molecule has 0 radical (unpaired) electrons. The summed E-state index contributed by atoms with van der Waals surface area (Å²) in [6.45, 7) is 12.2. The first-order valence-corrected chi connectivity index (χ1v) is 6.23. The lowest BCUT2D eigenvalue weighted by Gasteiger charge is -2.29. The van der Waals surface area contributed by atoms with Crippen LogP contribution in [0.15, 0.2) is 18.2 Å². The summed E-state index contributed by atoms with van der Waals surface area (Å²) in [7, 11) is 0. The van der Waals surface area contributed by atoms with Crippen LogP contribution < -0.4 is 0 Å². The van der Waals surface area contributed by atoms with Crippen LogP contribution in [0.4, 0.5) is 0 Å². The van der Waals surface area contributed by atoms with E-state index < -0.39 is 5.79 Å². The maximum absolute atomic E-state index is 5.75. The van der Waals surface area contributed by atoms with Crippen molar-refractivity contribution in [1.82, 2.24) is 0 Å². The zero-order valence-corrected chi connectivity index (χ0v) is 11.5. The van der Waals surface area contributed by atoms with E-state index in [1.807, 2.05) is 6.92 Å². The number of benzene rings is 1. The Hall–Kier alpha value is -0.860. The third kappa shape index (κ3) is 2.24. The van der Waals surface area contributed by atoms with E-state index in [-0.39, 0.29) is 5.41 Å². The highest BCUT2D eigenvalue weighted by Gasteiger charge is 2.35. The maximum Gasteiger partial charge on any atom is 0.192 e. The molecule has 0 aromatic heterocycles. The molecule has 0 saturated carbocycles. The molecule has 0 spiro atoms. The molecule has 1 aliphatic rings. The molecule has 0 bridgehead atoms. The lowest BCUT2D eigenvalue weighted by molar-refractivity contribution is -0.150. The van der Waals surface area contributed by atoms with Crippen LogP contribution in [0.2, 0.25) is 0 Å². The summed E-state index contributed by atoms with van der Waals surface area (Å²) in [6, 6.07) is 6.40. The van der Waals surface area contributed by atoms with Gasteiger partial charge in [-0.25, -0.2) is 0 Å². The van der Waals surface area contributed by atoms with Crippen molar-refractivity contribution >= 4 is 0 Å². The van der Waals surface area contributed by atoms with Crippen LogP contribution in [0.5, 0.6) is 0 Å². The normalized spacial score (nSPS) is 19.6. The Kier molecular flexibility index (Phi) is 3.04. The maximum atomic E-state index is 5.75. The first-order chi connectivity index (χ1) is 7.84. The van der Waals surface area contributed by atoms with Gasteiger partial charge in [-0.3, -0.25) is 0 Å². The molecule has 2 nitrogen and oxygen atoms in total. The molecule has 0 aliphatic carbocycles. The first-order valence-electron chi connectivity index (χ1n) is 6.23. The molecule has 0 unspecified atom stereocenters. The molecule has 1 saturated heterocycles. The topological polar surface area (TPSA) is 18.5 Å². The van der Waals surface area contributed by atoms with Crippen molar-refractivity contribution in [1.29, 1.82) is 0 Å². The second kappa shape index (κ2) is 4.11. The molecular weight excluding hydrogens is 212 g/mol. The van der Waals surface area contributed by atoms with Gasteiger partial charge in [0.1, 0.15) is 0 Å². The van der Waals surface area contributed by atoms with Crippen LogP contribution >= 0.6 is 0 Å². The Labute approximate surface area is 104 Å². The van der Waals surface area contributed by atoms with Gasteiger partial charge in [0.25, 0.3) is 0 Å². The van der Waals surface area contributed by atoms with Crippen LogP contribution in [0, 0.1) is 6.92 Å². The lowest BCUT2D eigenvalue weighted by Crippen LogP contribution is -2.25. The molecule has 0 amide bonds. The van der Waals surface area contributed by atoms with Gasteiger partial charge in [0, 0.05) is 5.56 Å². The highest BCUT2D eigenvalue weighted by atomic mass is 16.7. The zero-order chi connectivity index (χ0) is 12.7. The van der Waals surface area contributed by atoms with Gasteiger partial charge in [-0.2, -0.15) is 0 Å². The summed E-state index contributed by atoms with van der Waals surface area (Å²) >= 11 is 0. The van der Waals surface area contributed by atoms with Crippen LogP contribution in [-0.4, -0.2) is 13.2 Å². The molecule has 1 aliphatic heterocycles. The highest BCUT2D eigenvalue weighted by Crippen LogP contribution is 2.36. The van der Waals surface area contributed by atoms with Crippen molar-refractivity contribution in [3.05, 3.63) is 34.9 Å². The van der Waals surface area contributed by atoms with E-state index in [1.54, 1.807) is 0 Å². The summed E-state index contributed by atoms with van der Waals surface area (Å²) in [5.41, 5.74) is 3.94. The van der Waals surface area contributed by atoms with Crippen molar-refractivity contribution < 1.29 is 9.47 Å². The number of ether oxygens (including phenoxy) is 2. The zero-order valence-electron chi connectivity index (χ0n) is 11.5. The van der Waals surface area contributed by atoms with Crippen LogP contribution in [-0.2, 0) is 20.7 Å². The molecule has 1 aromatic carbocycles. The Morgan fingerprint density at radius 2 is 1.71 bits per heavy atom. The standard InChI is InChI=1S/C15H22O2/c1-11-12(14(2,3)4)7-6-8-13(11)15(5)16-9-10-17-15/h6-8H,9-10H2,1-5H3. The molecule has 94 valence electrons. The van der Waals surface area contributed by atoms with Gasteiger partial charge in [-0.1, -0.05) is 39.0 Å². The third-order valence-corrected chi connectivity index (χ3v) is 3.47. The molecular formula is C15H22O2. The van der Waals surface area contributed by atoms with Crippen molar-refractivity contribution in [3.63, 3.8) is 0 Å². The minimum absolute atomic E-state index is 0.148.